The van der Waals surface area contributed by atoms with Crippen LogP contribution in [0, 0.1) is 0 Å². The van der Waals surface area contributed by atoms with Crippen LogP contribution in [0.25, 0.3) is 0 Å². The van der Waals surface area contributed by atoms with Gasteiger partial charge in [-0.25, -0.2) is 0 Å². The number of fused-ring (bicyclic) bond motifs is 1. The Morgan fingerprint density at radius 2 is 1.68 bits per heavy atom. The SMILES string of the molecule is CC(C)c1ccc(CCNC(=O)Cc2ccc3c(c2)OCCO3)cc1. The summed E-state index contributed by atoms with van der Waals surface area (Å²) in [6.45, 7) is 6.15. The van der Waals surface area contributed by atoms with Crippen LogP contribution in [-0.4, -0.2) is 25.7 Å². The molecule has 0 spiro atoms. The van der Waals surface area contributed by atoms with Gasteiger partial charge in [-0.2, -0.15) is 0 Å². The maximum Gasteiger partial charge on any atom is 0.224 e. The van der Waals surface area contributed by atoms with E-state index >= 15 is 0 Å². The first kappa shape index (κ1) is 17.3. The molecule has 0 aliphatic carbocycles. The Labute approximate surface area is 149 Å². The molecule has 0 saturated heterocycles. The summed E-state index contributed by atoms with van der Waals surface area (Å²) in [5.74, 6) is 2.04. The van der Waals surface area contributed by atoms with Gasteiger partial charge in [0.25, 0.3) is 0 Å². The molecule has 2 aromatic carbocycles. The van der Waals surface area contributed by atoms with E-state index in [0.29, 0.717) is 32.1 Å². The van der Waals surface area contributed by atoms with E-state index in [1.807, 2.05) is 18.2 Å². The van der Waals surface area contributed by atoms with Crippen LogP contribution >= 0.6 is 0 Å². The normalized spacial score (nSPS) is 12.9. The predicted octanol–water partition coefficient (Wildman–Crippen LogP) is 3.48. The summed E-state index contributed by atoms with van der Waals surface area (Å²) in [5.41, 5.74) is 3.51. The van der Waals surface area contributed by atoms with Crippen LogP contribution in [0.1, 0.15) is 36.5 Å². The summed E-state index contributed by atoms with van der Waals surface area (Å²) in [7, 11) is 0. The van der Waals surface area contributed by atoms with Crippen molar-refractivity contribution >= 4 is 5.91 Å². The fraction of sp³-hybridized carbons (Fsp3) is 0.381. The van der Waals surface area contributed by atoms with Crippen molar-refractivity contribution in [2.45, 2.75) is 32.6 Å². The van der Waals surface area contributed by atoms with Gasteiger partial charge in [0, 0.05) is 6.54 Å². The van der Waals surface area contributed by atoms with E-state index in [1.165, 1.54) is 11.1 Å². The van der Waals surface area contributed by atoms with Crippen LogP contribution in [0.4, 0.5) is 0 Å². The van der Waals surface area contributed by atoms with Crippen molar-refractivity contribution in [2.75, 3.05) is 19.8 Å². The van der Waals surface area contributed by atoms with Gasteiger partial charge in [0.05, 0.1) is 6.42 Å². The second kappa shape index (κ2) is 8.06. The van der Waals surface area contributed by atoms with Crippen LogP contribution in [0.5, 0.6) is 11.5 Å². The van der Waals surface area contributed by atoms with E-state index in [0.717, 1.165) is 23.5 Å². The molecule has 0 atom stereocenters. The number of hydrogen-bond acceptors (Lipinski definition) is 3. The second-order valence-corrected chi connectivity index (χ2v) is 6.65. The highest BCUT2D eigenvalue weighted by atomic mass is 16.6. The monoisotopic (exact) mass is 339 g/mol. The Balaban J connectivity index is 1.46. The molecule has 1 aliphatic rings. The zero-order valence-corrected chi connectivity index (χ0v) is 14.9. The van der Waals surface area contributed by atoms with Crippen LogP contribution in [0.3, 0.4) is 0 Å². The molecule has 0 aromatic heterocycles. The molecular formula is C21H25NO3. The minimum atomic E-state index is 0.0236. The summed E-state index contributed by atoms with van der Waals surface area (Å²) in [6.07, 6.45) is 1.19. The minimum Gasteiger partial charge on any atom is -0.486 e. The Morgan fingerprint density at radius 1 is 1.00 bits per heavy atom. The van der Waals surface area contributed by atoms with Crippen molar-refractivity contribution in [1.82, 2.24) is 5.32 Å². The quantitative estimate of drug-likeness (QED) is 0.876. The van der Waals surface area contributed by atoms with Crippen molar-refractivity contribution in [3.63, 3.8) is 0 Å². The molecule has 1 amide bonds. The van der Waals surface area contributed by atoms with E-state index < -0.39 is 0 Å². The van der Waals surface area contributed by atoms with E-state index in [-0.39, 0.29) is 5.91 Å². The summed E-state index contributed by atoms with van der Waals surface area (Å²) in [6, 6.07) is 14.3. The smallest absolute Gasteiger partial charge is 0.224 e. The average molecular weight is 339 g/mol. The van der Waals surface area contributed by atoms with Crippen LogP contribution in [-0.2, 0) is 17.6 Å². The molecule has 4 heteroatoms. The number of carbonyl (C=O) groups excluding carboxylic acids is 1. The van der Waals surface area contributed by atoms with Gasteiger partial charge in [0.15, 0.2) is 11.5 Å². The number of hydrogen-bond donors (Lipinski definition) is 1. The molecule has 3 rings (SSSR count). The number of carbonyl (C=O) groups is 1. The second-order valence-electron chi connectivity index (χ2n) is 6.65. The van der Waals surface area contributed by atoms with Crippen molar-refractivity contribution in [3.8, 4) is 11.5 Å². The zero-order valence-electron chi connectivity index (χ0n) is 14.9. The number of nitrogens with one attached hydrogen (secondary N) is 1. The first-order valence-corrected chi connectivity index (χ1v) is 8.86. The highest BCUT2D eigenvalue weighted by Crippen LogP contribution is 2.30. The van der Waals surface area contributed by atoms with Crippen LogP contribution < -0.4 is 14.8 Å². The van der Waals surface area contributed by atoms with Crippen molar-refractivity contribution < 1.29 is 14.3 Å². The summed E-state index contributed by atoms with van der Waals surface area (Å²) in [5, 5.41) is 2.99. The molecule has 1 heterocycles. The van der Waals surface area contributed by atoms with E-state index in [4.69, 9.17) is 9.47 Å². The minimum absolute atomic E-state index is 0.0236. The maximum absolute atomic E-state index is 12.1. The fourth-order valence-electron chi connectivity index (χ4n) is 2.86. The lowest BCUT2D eigenvalue weighted by Gasteiger charge is -2.18. The third-order valence-electron chi connectivity index (χ3n) is 4.35. The molecule has 4 nitrogen and oxygen atoms in total. The summed E-state index contributed by atoms with van der Waals surface area (Å²) >= 11 is 0. The van der Waals surface area contributed by atoms with Gasteiger partial charge in [-0.3, -0.25) is 4.79 Å². The van der Waals surface area contributed by atoms with Gasteiger partial charge in [-0.1, -0.05) is 44.2 Å². The summed E-state index contributed by atoms with van der Waals surface area (Å²) < 4.78 is 11.0. The maximum atomic E-state index is 12.1. The van der Waals surface area contributed by atoms with Gasteiger partial charge in [-0.05, 0) is 41.2 Å². The molecule has 2 aromatic rings. The highest BCUT2D eigenvalue weighted by Gasteiger charge is 2.13. The molecule has 1 aliphatic heterocycles. The highest BCUT2D eigenvalue weighted by molar-refractivity contribution is 5.78. The summed E-state index contributed by atoms with van der Waals surface area (Å²) in [4.78, 5) is 12.1. The van der Waals surface area contributed by atoms with Crippen molar-refractivity contribution in [1.29, 1.82) is 0 Å². The molecular weight excluding hydrogens is 314 g/mol. The molecule has 0 fully saturated rings. The Kier molecular flexibility index (Phi) is 5.59. The molecule has 132 valence electrons. The van der Waals surface area contributed by atoms with E-state index in [9.17, 15) is 4.79 Å². The molecule has 0 saturated carbocycles. The third-order valence-corrected chi connectivity index (χ3v) is 4.35. The van der Waals surface area contributed by atoms with Gasteiger partial charge in [0.2, 0.25) is 5.91 Å². The van der Waals surface area contributed by atoms with Crippen LogP contribution in [0.2, 0.25) is 0 Å². The van der Waals surface area contributed by atoms with E-state index in [1.54, 1.807) is 0 Å². The fourth-order valence-corrected chi connectivity index (χ4v) is 2.86. The number of amides is 1. The lowest BCUT2D eigenvalue weighted by molar-refractivity contribution is -0.120. The molecule has 0 unspecified atom stereocenters. The number of rotatable bonds is 6. The first-order valence-electron chi connectivity index (χ1n) is 8.86. The molecule has 0 radical (unpaired) electrons. The lowest BCUT2D eigenvalue weighted by Crippen LogP contribution is -2.27. The molecule has 25 heavy (non-hydrogen) atoms. The Bertz CT molecular complexity index is 722. The first-order chi connectivity index (χ1) is 12.1. The zero-order chi connectivity index (χ0) is 17.6. The van der Waals surface area contributed by atoms with Gasteiger partial charge >= 0.3 is 0 Å². The molecule has 0 bridgehead atoms. The van der Waals surface area contributed by atoms with Crippen molar-refractivity contribution in [2.24, 2.45) is 0 Å². The van der Waals surface area contributed by atoms with Crippen molar-refractivity contribution in [3.05, 3.63) is 59.2 Å². The van der Waals surface area contributed by atoms with Gasteiger partial charge in [0.1, 0.15) is 13.2 Å². The number of benzene rings is 2. The average Bonchev–Trinajstić information content (AvgIpc) is 2.62. The van der Waals surface area contributed by atoms with Crippen LogP contribution in [0.15, 0.2) is 42.5 Å². The lowest BCUT2D eigenvalue weighted by atomic mass is 10.0. The molecule has 1 N–H and O–H groups in total. The number of ether oxygens (including phenoxy) is 2. The van der Waals surface area contributed by atoms with Gasteiger partial charge < -0.3 is 14.8 Å². The van der Waals surface area contributed by atoms with E-state index in [2.05, 4.69) is 43.4 Å². The standard InChI is InChI=1S/C21H25NO3/c1-15(2)18-6-3-16(4-7-18)9-10-22-21(23)14-17-5-8-19-20(13-17)25-12-11-24-19/h3-8,13,15H,9-12,14H2,1-2H3,(H,22,23). The largest absolute Gasteiger partial charge is 0.486 e. The Morgan fingerprint density at radius 3 is 2.40 bits per heavy atom. The van der Waals surface area contributed by atoms with Gasteiger partial charge in [-0.15, -0.1) is 0 Å². The third kappa shape index (κ3) is 4.75. The topological polar surface area (TPSA) is 47.6 Å². The predicted molar refractivity (Wildman–Crippen MR) is 98.4 cm³/mol. The Hall–Kier alpha value is -2.49.